The maximum atomic E-state index is 12.3. The number of esters is 1. The summed E-state index contributed by atoms with van der Waals surface area (Å²) in [6, 6.07) is 7.19. The van der Waals surface area contributed by atoms with E-state index in [2.05, 4.69) is 15.0 Å². The molecule has 1 aromatic carbocycles. The van der Waals surface area contributed by atoms with Gasteiger partial charge in [-0.2, -0.15) is 0 Å². The van der Waals surface area contributed by atoms with E-state index in [0.29, 0.717) is 11.1 Å². The van der Waals surface area contributed by atoms with Gasteiger partial charge in [0.2, 0.25) is 0 Å². The number of hydrogen-bond donors (Lipinski definition) is 1. The molecule has 1 aliphatic carbocycles. The number of hydrogen-bond acceptors (Lipinski definition) is 5. The van der Waals surface area contributed by atoms with Crippen LogP contribution in [0.2, 0.25) is 0 Å². The molecule has 6 heteroatoms. The topological polar surface area (TPSA) is 81.4 Å². The first kappa shape index (κ1) is 13.4. The Morgan fingerprint density at radius 2 is 2.10 bits per heavy atom. The van der Waals surface area contributed by atoms with Gasteiger partial charge in [-0.15, -0.1) is 0 Å². The van der Waals surface area contributed by atoms with Crippen LogP contribution in [0, 0.1) is 0 Å². The van der Waals surface area contributed by atoms with Gasteiger partial charge in [0, 0.05) is 11.6 Å². The fraction of sp³-hybridized carbons (Fsp3) is 0.267. The van der Waals surface area contributed by atoms with Crippen molar-refractivity contribution in [3.63, 3.8) is 0 Å². The van der Waals surface area contributed by atoms with E-state index >= 15 is 0 Å². The Hall–Kier alpha value is -2.63. The van der Waals surface area contributed by atoms with Crippen molar-refractivity contribution < 1.29 is 18.7 Å². The van der Waals surface area contributed by atoms with Crippen LogP contribution in [0.4, 0.5) is 0 Å². The quantitative estimate of drug-likeness (QED) is 0.870. The average Bonchev–Trinajstić information content (AvgIpc) is 3.18. The molecule has 3 rings (SSSR count). The fourth-order valence-electron chi connectivity index (χ4n) is 2.05. The van der Waals surface area contributed by atoms with Gasteiger partial charge in [-0.3, -0.25) is 4.79 Å². The zero-order valence-corrected chi connectivity index (χ0v) is 11.5. The standard InChI is InChI=1S/C15H14N2O4/c1-20-15(19)12-13(21-8-16-12)10-4-2-3-5-11(10)14(18)17-9-6-7-9/h2-5,8-9H,6-7H2,1H3,(H,17,18). The first-order valence-electron chi connectivity index (χ1n) is 6.62. The van der Waals surface area contributed by atoms with Gasteiger partial charge in [-0.1, -0.05) is 18.2 Å². The third-order valence-electron chi connectivity index (χ3n) is 3.28. The molecular formula is C15H14N2O4. The minimum Gasteiger partial charge on any atom is -0.464 e. The zero-order chi connectivity index (χ0) is 14.8. The molecule has 1 aromatic heterocycles. The Bertz CT molecular complexity index is 688. The number of carbonyl (C=O) groups is 2. The van der Waals surface area contributed by atoms with Crippen molar-refractivity contribution in [1.29, 1.82) is 0 Å². The molecular weight excluding hydrogens is 272 g/mol. The normalized spacial score (nSPS) is 13.8. The summed E-state index contributed by atoms with van der Waals surface area (Å²) in [5.74, 6) is -0.542. The maximum absolute atomic E-state index is 12.3. The predicted octanol–water partition coefficient (Wildman–Crippen LogP) is 2.02. The lowest BCUT2D eigenvalue weighted by Gasteiger charge is -2.08. The maximum Gasteiger partial charge on any atom is 0.360 e. The highest BCUT2D eigenvalue weighted by Crippen LogP contribution is 2.28. The summed E-state index contributed by atoms with van der Waals surface area (Å²) in [4.78, 5) is 27.8. The van der Waals surface area contributed by atoms with E-state index in [1.165, 1.54) is 7.11 Å². The molecule has 0 saturated heterocycles. The molecule has 2 aromatic rings. The van der Waals surface area contributed by atoms with Gasteiger partial charge in [-0.25, -0.2) is 9.78 Å². The average molecular weight is 286 g/mol. The fourth-order valence-corrected chi connectivity index (χ4v) is 2.05. The second-order valence-corrected chi connectivity index (χ2v) is 4.81. The smallest absolute Gasteiger partial charge is 0.360 e. The number of oxazole rings is 1. The van der Waals surface area contributed by atoms with Crippen LogP contribution in [0.1, 0.15) is 33.7 Å². The second-order valence-electron chi connectivity index (χ2n) is 4.81. The van der Waals surface area contributed by atoms with Crippen molar-refractivity contribution in [2.75, 3.05) is 7.11 Å². The first-order valence-corrected chi connectivity index (χ1v) is 6.62. The molecule has 0 bridgehead atoms. The summed E-state index contributed by atoms with van der Waals surface area (Å²) in [5.41, 5.74) is 1.03. The molecule has 0 radical (unpaired) electrons. The monoisotopic (exact) mass is 286 g/mol. The number of carbonyl (C=O) groups excluding carboxylic acids is 2. The van der Waals surface area contributed by atoms with Crippen molar-refractivity contribution in [2.45, 2.75) is 18.9 Å². The zero-order valence-electron chi connectivity index (χ0n) is 11.5. The number of nitrogens with one attached hydrogen (secondary N) is 1. The lowest BCUT2D eigenvalue weighted by molar-refractivity contribution is 0.0595. The van der Waals surface area contributed by atoms with Crippen LogP contribution in [-0.2, 0) is 4.74 Å². The summed E-state index contributed by atoms with van der Waals surface area (Å²) >= 11 is 0. The van der Waals surface area contributed by atoms with Crippen molar-refractivity contribution in [3.05, 3.63) is 41.9 Å². The molecule has 0 unspecified atom stereocenters. The third kappa shape index (κ3) is 2.65. The molecule has 1 fully saturated rings. The number of benzene rings is 1. The van der Waals surface area contributed by atoms with E-state index < -0.39 is 5.97 Å². The van der Waals surface area contributed by atoms with Crippen LogP contribution in [0.3, 0.4) is 0 Å². The Morgan fingerprint density at radius 1 is 1.33 bits per heavy atom. The molecule has 1 heterocycles. The van der Waals surface area contributed by atoms with Crippen molar-refractivity contribution in [3.8, 4) is 11.3 Å². The number of aromatic nitrogens is 1. The summed E-state index contributed by atoms with van der Waals surface area (Å²) in [5, 5.41) is 2.92. The highest BCUT2D eigenvalue weighted by Gasteiger charge is 2.27. The molecule has 0 aliphatic heterocycles. The van der Waals surface area contributed by atoms with Crippen molar-refractivity contribution in [2.24, 2.45) is 0 Å². The van der Waals surface area contributed by atoms with E-state index in [1.807, 2.05) is 0 Å². The largest absolute Gasteiger partial charge is 0.464 e. The van der Waals surface area contributed by atoms with Crippen LogP contribution in [0.25, 0.3) is 11.3 Å². The van der Waals surface area contributed by atoms with Gasteiger partial charge < -0.3 is 14.5 Å². The lowest BCUT2D eigenvalue weighted by atomic mass is 10.0. The Kier molecular flexibility index (Phi) is 3.43. The number of rotatable bonds is 4. The molecule has 0 spiro atoms. The summed E-state index contributed by atoms with van der Waals surface area (Å²) in [6.45, 7) is 0. The second kappa shape index (κ2) is 5.40. The number of nitrogens with zero attached hydrogens (tertiary/aromatic N) is 1. The SMILES string of the molecule is COC(=O)c1ncoc1-c1ccccc1C(=O)NC1CC1. The highest BCUT2D eigenvalue weighted by atomic mass is 16.5. The van der Waals surface area contributed by atoms with Crippen LogP contribution in [0.15, 0.2) is 35.1 Å². The third-order valence-corrected chi connectivity index (χ3v) is 3.28. The molecule has 6 nitrogen and oxygen atoms in total. The van der Waals surface area contributed by atoms with E-state index in [-0.39, 0.29) is 23.4 Å². The van der Waals surface area contributed by atoms with Gasteiger partial charge in [-0.05, 0) is 18.9 Å². The van der Waals surface area contributed by atoms with Crippen LogP contribution >= 0.6 is 0 Å². The Balaban J connectivity index is 2.00. The van der Waals surface area contributed by atoms with Gasteiger partial charge in [0.1, 0.15) is 0 Å². The van der Waals surface area contributed by atoms with Gasteiger partial charge in [0.05, 0.1) is 12.7 Å². The molecule has 0 atom stereocenters. The van der Waals surface area contributed by atoms with Crippen LogP contribution in [0.5, 0.6) is 0 Å². The van der Waals surface area contributed by atoms with Crippen molar-refractivity contribution >= 4 is 11.9 Å². The van der Waals surface area contributed by atoms with E-state index in [1.54, 1.807) is 24.3 Å². The van der Waals surface area contributed by atoms with Crippen LogP contribution < -0.4 is 5.32 Å². The van der Waals surface area contributed by atoms with E-state index in [0.717, 1.165) is 19.2 Å². The summed E-state index contributed by atoms with van der Waals surface area (Å²) < 4.78 is 9.96. The highest BCUT2D eigenvalue weighted by molar-refractivity contribution is 6.03. The van der Waals surface area contributed by atoms with Crippen LogP contribution in [-0.4, -0.2) is 30.0 Å². The summed E-state index contributed by atoms with van der Waals surface area (Å²) in [6.07, 6.45) is 3.17. The van der Waals surface area contributed by atoms with E-state index in [4.69, 9.17) is 4.42 Å². The lowest BCUT2D eigenvalue weighted by Crippen LogP contribution is -2.25. The van der Waals surface area contributed by atoms with E-state index in [9.17, 15) is 9.59 Å². The molecule has 1 saturated carbocycles. The molecule has 21 heavy (non-hydrogen) atoms. The molecule has 108 valence electrons. The van der Waals surface area contributed by atoms with Gasteiger partial charge in [0.15, 0.2) is 17.8 Å². The molecule has 1 N–H and O–H groups in total. The summed E-state index contributed by atoms with van der Waals surface area (Å²) in [7, 11) is 1.27. The number of amides is 1. The minimum atomic E-state index is -0.601. The minimum absolute atomic E-state index is 0.0594. The predicted molar refractivity (Wildman–Crippen MR) is 73.8 cm³/mol. The Labute approximate surface area is 121 Å². The Morgan fingerprint density at radius 3 is 2.81 bits per heavy atom. The van der Waals surface area contributed by atoms with Crippen molar-refractivity contribution in [1.82, 2.24) is 10.3 Å². The number of methoxy groups -OCH3 is 1. The number of ether oxygens (including phenoxy) is 1. The molecule has 1 amide bonds. The van der Waals surface area contributed by atoms with Gasteiger partial charge >= 0.3 is 5.97 Å². The molecule has 1 aliphatic rings. The van der Waals surface area contributed by atoms with Gasteiger partial charge in [0.25, 0.3) is 5.91 Å². The first-order chi connectivity index (χ1) is 10.2.